The zero-order chi connectivity index (χ0) is 20.1. The Balaban J connectivity index is 1.99. The number of carbonyl (C=O) groups excluding carboxylic acids is 1. The van der Waals surface area contributed by atoms with E-state index in [1.165, 1.54) is 25.3 Å². The van der Waals surface area contributed by atoms with Gasteiger partial charge in [0.05, 0.1) is 13.7 Å². The summed E-state index contributed by atoms with van der Waals surface area (Å²) in [5.74, 6) is -0.0778. The second-order valence-electron chi connectivity index (χ2n) is 5.55. The highest BCUT2D eigenvalue weighted by molar-refractivity contribution is 6.13. The van der Waals surface area contributed by atoms with Crippen LogP contribution in [0.5, 0.6) is 17.2 Å². The van der Waals surface area contributed by atoms with Crippen molar-refractivity contribution in [2.24, 2.45) is 4.99 Å². The molecule has 3 rings (SSSR count). The van der Waals surface area contributed by atoms with E-state index in [-0.39, 0.29) is 35.3 Å². The Kier molecular flexibility index (Phi) is 5.88. The van der Waals surface area contributed by atoms with Crippen molar-refractivity contribution in [2.75, 3.05) is 13.7 Å². The van der Waals surface area contributed by atoms with E-state index in [1.807, 2.05) is 0 Å². The van der Waals surface area contributed by atoms with E-state index in [2.05, 4.69) is 9.73 Å². The maximum Gasteiger partial charge on any atom is 0.387 e. The second-order valence-corrected chi connectivity index (χ2v) is 5.55. The summed E-state index contributed by atoms with van der Waals surface area (Å²) in [6.07, 6.45) is 1.32. The third-order valence-electron chi connectivity index (χ3n) is 3.75. The molecule has 0 saturated heterocycles. The van der Waals surface area contributed by atoms with E-state index >= 15 is 0 Å². The molecule has 0 spiro atoms. The van der Waals surface area contributed by atoms with Gasteiger partial charge in [-0.25, -0.2) is 9.79 Å². The van der Waals surface area contributed by atoms with Crippen molar-refractivity contribution in [2.45, 2.75) is 13.5 Å². The number of rotatable bonds is 7. The average Bonchev–Trinajstić information content (AvgIpc) is 3.05. The van der Waals surface area contributed by atoms with Crippen LogP contribution in [0.1, 0.15) is 18.1 Å². The molecule has 0 bridgehead atoms. The number of halogens is 2. The second kappa shape index (κ2) is 8.51. The molecule has 146 valence electrons. The SMILES string of the molecule is CCOc1cccc(C=C2N=C(c3cccc(OC)c3)OC2=O)c1OC(F)F. The summed E-state index contributed by atoms with van der Waals surface area (Å²) >= 11 is 0. The average molecular weight is 389 g/mol. The Morgan fingerprint density at radius 2 is 2.00 bits per heavy atom. The summed E-state index contributed by atoms with van der Waals surface area (Å²) in [6, 6.07) is 11.5. The van der Waals surface area contributed by atoms with Gasteiger partial charge in [0.15, 0.2) is 17.2 Å². The van der Waals surface area contributed by atoms with Crippen LogP contribution in [0.3, 0.4) is 0 Å². The molecule has 0 unspecified atom stereocenters. The molecular formula is C20H17F2NO5. The standard InChI is InChI=1S/C20H17F2NO5/c1-3-26-16-9-5-6-12(17(16)27-20(21)22)11-15-19(24)28-18(23-15)13-7-4-8-14(10-13)25-2/h4-11,20H,3H2,1-2H3. The van der Waals surface area contributed by atoms with Gasteiger partial charge in [-0.05, 0) is 37.3 Å². The van der Waals surface area contributed by atoms with Crippen LogP contribution in [-0.2, 0) is 9.53 Å². The normalized spacial score (nSPS) is 14.8. The minimum atomic E-state index is -3.05. The smallest absolute Gasteiger partial charge is 0.387 e. The minimum Gasteiger partial charge on any atom is -0.497 e. The predicted molar refractivity (Wildman–Crippen MR) is 97.8 cm³/mol. The van der Waals surface area contributed by atoms with Crippen LogP contribution in [0.25, 0.3) is 6.08 Å². The number of esters is 1. The number of cyclic esters (lactones) is 1. The molecule has 28 heavy (non-hydrogen) atoms. The lowest BCUT2D eigenvalue weighted by atomic mass is 10.1. The van der Waals surface area contributed by atoms with Gasteiger partial charge in [0, 0.05) is 11.1 Å². The molecule has 0 N–H and O–H groups in total. The number of alkyl halides is 2. The monoisotopic (exact) mass is 389 g/mol. The summed E-state index contributed by atoms with van der Waals surface area (Å²) in [4.78, 5) is 16.4. The molecule has 6 nitrogen and oxygen atoms in total. The fourth-order valence-corrected chi connectivity index (χ4v) is 2.57. The van der Waals surface area contributed by atoms with E-state index in [4.69, 9.17) is 14.2 Å². The quantitative estimate of drug-likeness (QED) is 0.528. The van der Waals surface area contributed by atoms with Crippen molar-refractivity contribution in [3.05, 3.63) is 59.3 Å². The lowest BCUT2D eigenvalue weighted by molar-refractivity contribution is -0.129. The molecule has 8 heteroatoms. The highest BCUT2D eigenvalue weighted by Gasteiger charge is 2.25. The van der Waals surface area contributed by atoms with Gasteiger partial charge in [0.1, 0.15) is 5.75 Å². The maximum atomic E-state index is 12.8. The molecule has 1 aliphatic rings. The van der Waals surface area contributed by atoms with Gasteiger partial charge in [-0.2, -0.15) is 8.78 Å². The number of hydrogen-bond acceptors (Lipinski definition) is 6. The third-order valence-corrected chi connectivity index (χ3v) is 3.75. The molecule has 2 aromatic rings. The first-order valence-corrected chi connectivity index (χ1v) is 8.39. The van der Waals surface area contributed by atoms with Crippen molar-refractivity contribution in [3.63, 3.8) is 0 Å². The van der Waals surface area contributed by atoms with Crippen LogP contribution >= 0.6 is 0 Å². The van der Waals surface area contributed by atoms with Crippen molar-refractivity contribution in [1.82, 2.24) is 0 Å². The molecule has 0 aliphatic carbocycles. The predicted octanol–water partition coefficient (Wildman–Crippen LogP) is 4.04. The molecule has 1 heterocycles. The summed E-state index contributed by atoms with van der Waals surface area (Å²) < 4.78 is 45.9. The van der Waals surface area contributed by atoms with Gasteiger partial charge in [-0.15, -0.1) is 0 Å². The molecular weight excluding hydrogens is 372 g/mol. The van der Waals surface area contributed by atoms with E-state index < -0.39 is 12.6 Å². The van der Waals surface area contributed by atoms with Crippen LogP contribution in [0.15, 0.2) is 53.2 Å². The van der Waals surface area contributed by atoms with Crippen LogP contribution < -0.4 is 14.2 Å². The topological polar surface area (TPSA) is 66.3 Å². The molecule has 0 radical (unpaired) electrons. The van der Waals surface area contributed by atoms with Gasteiger partial charge >= 0.3 is 12.6 Å². The Hall–Kier alpha value is -3.42. The first kappa shape index (κ1) is 19.3. The van der Waals surface area contributed by atoms with Gasteiger partial charge in [-0.1, -0.05) is 18.2 Å². The number of benzene rings is 2. The molecule has 2 aromatic carbocycles. The van der Waals surface area contributed by atoms with Gasteiger partial charge in [0.2, 0.25) is 5.90 Å². The summed E-state index contributed by atoms with van der Waals surface area (Å²) in [7, 11) is 1.52. The molecule has 0 atom stereocenters. The summed E-state index contributed by atoms with van der Waals surface area (Å²) in [5.41, 5.74) is 0.711. The van der Waals surface area contributed by atoms with Crippen molar-refractivity contribution in [3.8, 4) is 17.2 Å². The van der Waals surface area contributed by atoms with Crippen LogP contribution in [-0.4, -0.2) is 32.2 Å². The number of hydrogen-bond donors (Lipinski definition) is 0. The number of carbonyl (C=O) groups is 1. The lowest BCUT2D eigenvalue weighted by Gasteiger charge is -2.13. The van der Waals surface area contributed by atoms with Crippen molar-refractivity contribution in [1.29, 1.82) is 0 Å². The number of aliphatic imine (C=N–C) groups is 1. The number of para-hydroxylation sites is 1. The highest BCUT2D eigenvalue weighted by atomic mass is 19.3. The van der Waals surface area contributed by atoms with Crippen LogP contribution in [0.4, 0.5) is 8.78 Å². The van der Waals surface area contributed by atoms with Crippen molar-refractivity contribution >= 4 is 17.9 Å². The Morgan fingerprint density at radius 1 is 1.21 bits per heavy atom. The van der Waals surface area contributed by atoms with Gasteiger partial charge in [-0.3, -0.25) is 0 Å². The Bertz CT molecular complexity index is 940. The van der Waals surface area contributed by atoms with E-state index in [0.717, 1.165) is 0 Å². The highest BCUT2D eigenvalue weighted by Crippen LogP contribution is 2.35. The molecule has 0 amide bonds. The number of methoxy groups -OCH3 is 1. The largest absolute Gasteiger partial charge is 0.497 e. The summed E-state index contributed by atoms with van der Waals surface area (Å²) in [6.45, 7) is -1.07. The fourth-order valence-electron chi connectivity index (χ4n) is 2.57. The third kappa shape index (κ3) is 4.28. The zero-order valence-electron chi connectivity index (χ0n) is 15.1. The first-order valence-electron chi connectivity index (χ1n) is 8.39. The Morgan fingerprint density at radius 3 is 2.71 bits per heavy atom. The zero-order valence-corrected chi connectivity index (χ0v) is 15.1. The first-order chi connectivity index (χ1) is 13.5. The molecule has 0 saturated carbocycles. The number of ether oxygens (including phenoxy) is 4. The number of nitrogens with zero attached hydrogens (tertiary/aromatic N) is 1. The summed E-state index contributed by atoms with van der Waals surface area (Å²) in [5, 5.41) is 0. The van der Waals surface area contributed by atoms with Crippen LogP contribution in [0.2, 0.25) is 0 Å². The van der Waals surface area contributed by atoms with Crippen LogP contribution in [0, 0.1) is 0 Å². The van der Waals surface area contributed by atoms with Gasteiger partial charge in [0.25, 0.3) is 0 Å². The van der Waals surface area contributed by atoms with E-state index in [9.17, 15) is 13.6 Å². The van der Waals surface area contributed by atoms with Crippen molar-refractivity contribution < 1.29 is 32.5 Å². The molecule has 1 aliphatic heterocycles. The Labute approximate surface area is 160 Å². The molecule has 0 fully saturated rings. The lowest BCUT2D eigenvalue weighted by Crippen LogP contribution is -2.07. The van der Waals surface area contributed by atoms with E-state index in [0.29, 0.717) is 11.3 Å². The minimum absolute atomic E-state index is 0.0504. The molecule has 0 aromatic heterocycles. The maximum absolute atomic E-state index is 12.8. The fraction of sp³-hybridized carbons (Fsp3) is 0.200. The van der Waals surface area contributed by atoms with Gasteiger partial charge < -0.3 is 18.9 Å². The van der Waals surface area contributed by atoms with E-state index in [1.54, 1.807) is 37.3 Å².